The second kappa shape index (κ2) is 6.28. The predicted octanol–water partition coefficient (Wildman–Crippen LogP) is 2.18. The Morgan fingerprint density at radius 2 is 2.05 bits per heavy atom. The highest BCUT2D eigenvalue weighted by Crippen LogP contribution is 2.18. The molecule has 2 aromatic rings. The maximum Gasteiger partial charge on any atom is 0.223 e. The number of nitrogens with two attached hydrogens (primary N) is 1. The van der Waals surface area contributed by atoms with Gasteiger partial charge in [0.25, 0.3) is 0 Å². The molecule has 1 aromatic carbocycles. The van der Waals surface area contributed by atoms with Crippen molar-refractivity contribution < 1.29 is 0 Å². The minimum atomic E-state index is 0.192. The topological polar surface area (TPSA) is 67.1 Å². The van der Waals surface area contributed by atoms with E-state index in [1.54, 1.807) is 6.07 Å². The predicted molar refractivity (Wildman–Crippen MR) is 85.4 cm³/mol. The van der Waals surface area contributed by atoms with E-state index in [0.717, 1.165) is 32.6 Å². The third-order valence-corrected chi connectivity index (χ3v) is 3.85. The Bertz CT molecular complexity index is 611. The number of fused-ring (bicyclic) bond motifs is 1. The molecule has 0 saturated carbocycles. The molecule has 0 fully saturated rings. The van der Waals surface area contributed by atoms with Crippen molar-refractivity contribution in [2.45, 2.75) is 13.0 Å². The fourth-order valence-corrected chi connectivity index (χ4v) is 2.80. The van der Waals surface area contributed by atoms with Crippen molar-refractivity contribution in [2.75, 3.05) is 30.7 Å². The largest absolute Gasteiger partial charge is 0.369 e. The van der Waals surface area contributed by atoms with Gasteiger partial charge in [-0.1, -0.05) is 35.9 Å². The van der Waals surface area contributed by atoms with E-state index in [-0.39, 0.29) is 5.95 Å². The normalized spacial score (nSPS) is 14.7. The molecule has 1 aromatic heterocycles. The maximum absolute atomic E-state index is 5.85. The molecule has 21 heavy (non-hydrogen) atoms. The minimum absolute atomic E-state index is 0.192. The Kier molecular flexibility index (Phi) is 4.22. The van der Waals surface area contributed by atoms with Gasteiger partial charge in [-0.2, -0.15) is 4.98 Å². The standard InChI is InChI=1S/C15H18ClN5/c16-13-9-14(20-15(17)19-13)18-6-8-21-7-5-11-3-1-2-4-12(11)10-21/h1-4,9H,5-8,10H2,(H3,17,18,19,20). The molecule has 0 unspecified atom stereocenters. The summed E-state index contributed by atoms with van der Waals surface area (Å²) in [6.45, 7) is 3.85. The van der Waals surface area contributed by atoms with Crippen LogP contribution in [-0.4, -0.2) is 34.5 Å². The summed E-state index contributed by atoms with van der Waals surface area (Å²) in [5.74, 6) is 0.863. The molecular formula is C15H18ClN5. The zero-order chi connectivity index (χ0) is 14.7. The molecule has 110 valence electrons. The van der Waals surface area contributed by atoms with E-state index in [1.807, 2.05) is 0 Å². The molecule has 0 spiro atoms. The van der Waals surface area contributed by atoms with Gasteiger partial charge in [0.15, 0.2) is 0 Å². The van der Waals surface area contributed by atoms with E-state index in [1.165, 1.54) is 11.1 Å². The molecular weight excluding hydrogens is 286 g/mol. The smallest absolute Gasteiger partial charge is 0.223 e. The molecule has 2 heterocycles. The van der Waals surface area contributed by atoms with Crippen LogP contribution in [0.15, 0.2) is 30.3 Å². The average molecular weight is 304 g/mol. The number of halogens is 1. The van der Waals surface area contributed by atoms with Gasteiger partial charge >= 0.3 is 0 Å². The first-order chi connectivity index (χ1) is 10.2. The fraction of sp³-hybridized carbons (Fsp3) is 0.333. The number of aromatic nitrogens is 2. The number of nitrogens with one attached hydrogen (secondary N) is 1. The van der Waals surface area contributed by atoms with Gasteiger partial charge in [-0.15, -0.1) is 0 Å². The van der Waals surface area contributed by atoms with E-state index in [4.69, 9.17) is 17.3 Å². The van der Waals surface area contributed by atoms with Crippen molar-refractivity contribution in [3.63, 3.8) is 0 Å². The average Bonchev–Trinajstić information content (AvgIpc) is 2.46. The summed E-state index contributed by atoms with van der Waals surface area (Å²) in [4.78, 5) is 10.4. The van der Waals surface area contributed by atoms with E-state index in [2.05, 4.69) is 44.5 Å². The Morgan fingerprint density at radius 3 is 2.86 bits per heavy atom. The lowest BCUT2D eigenvalue weighted by atomic mass is 10.00. The molecule has 6 heteroatoms. The van der Waals surface area contributed by atoms with Gasteiger partial charge < -0.3 is 11.1 Å². The van der Waals surface area contributed by atoms with Crippen LogP contribution in [0.25, 0.3) is 0 Å². The van der Waals surface area contributed by atoms with Crippen molar-refractivity contribution >= 4 is 23.4 Å². The first-order valence-electron chi connectivity index (χ1n) is 7.04. The SMILES string of the molecule is Nc1nc(Cl)cc(NCCN2CCc3ccccc3C2)n1. The van der Waals surface area contributed by atoms with Gasteiger partial charge in [-0.3, -0.25) is 4.90 Å². The molecule has 0 aliphatic carbocycles. The molecule has 0 bridgehead atoms. The summed E-state index contributed by atoms with van der Waals surface area (Å²) < 4.78 is 0. The molecule has 5 nitrogen and oxygen atoms in total. The first kappa shape index (κ1) is 14.1. The van der Waals surface area contributed by atoms with Gasteiger partial charge in [0.1, 0.15) is 11.0 Å². The minimum Gasteiger partial charge on any atom is -0.369 e. The molecule has 0 amide bonds. The number of nitrogen functional groups attached to an aromatic ring is 1. The highest BCUT2D eigenvalue weighted by molar-refractivity contribution is 6.29. The molecule has 3 N–H and O–H groups in total. The number of hydrogen-bond acceptors (Lipinski definition) is 5. The van der Waals surface area contributed by atoms with E-state index in [0.29, 0.717) is 11.0 Å². The molecule has 1 aliphatic rings. The van der Waals surface area contributed by atoms with Crippen LogP contribution in [0, 0.1) is 0 Å². The first-order valence-corrected chi connectivity index (χ1v) is 7.41. The van der Waals surface area contributed by atoms with Crippen molar-refractivity contribution in [1.29, 1.82) is 0 Å². The van der Waals surface area contributed by atoms with Crippen molar-refractivity contribution in [1.82, 2.24) is 14.9 Å². The van der Waals surface area contributed by atoms with Crippen LogP contribution in [0.3, 0.4) is 0 Å². The van der Waals surface area contributed by atoms with Crippen molar-refractivity contribution in [3.8, 4) is 0 Å². The van der Waals surface area contributed by atoms with E-state index >= 15 is 0 Å². The molecule has 3 rings (SSSR count). The van der Waals surface area contributed by atoms with Gasteiger partial charge in [0, 0.05) is 32.2 Å². The maximum atomic E-state index is 5.85. The van der Waals surface area contributed by atoms with Crippen LogP contribution in [0.5, 0.6) is 0 Å². The molecule has 0 atom stereocenters. The summed E-state index contributed by atoms with van der Waals surface area (Å²) in [6.07, 6.45) is 1.11. The lowest BCUT2D eigenvalue weighted by molar-refractivity contribution is 0.264. The Hall–Kier alpha value is -1.85. The van der Waals surface area contributed by atoms with Crippen LogP contribution in [0.4, 0.5) is 11.8 Å². The summed E-state index contributed by atoms with van der Waals surface area (Å²) >= 11 is 5.85. The van der Waals surface area contributed by atoms with E-state index < -0.39 is 0 Å². The van der Waals surface area contributed by atoms with Crippen molar-refractivity contribution in [3.05, 3.63) is 46.6 Å². The Morgan fingerprint density at radius 1 is 1.24 bits per heavy atom. The molecule has 0 radical (unpaired) electrons. The number of benzene rings is 1. The van der Waals surface area contributed by atoms with Gasteiger partial charge in [0.2, 0.25) is 5.95 Å². The van der Waals surface area contributed by atoms with Crippen LogP contribution < -0.4 is 11.1 Å². The van der Waals surface area contributed by atoms with Gasteiger partial charge in [-0.25, -0.2) is 4.98 Å². The lowest BCUT2D eigenvalue weighted by Crippen LogP contribution is -2.34. The highest BCUT2D eigenvalue weighted by atomic mass is 35.5. The zero-order valence-electron chi connectivity index (χ0n) is 11.7. The summed E-state index contributed by atoms with van der Waals surface area (Å²) in [7, 11) is 0. The van der Waals surface area contributed by atoms with Crippen LogP contribution in [0.1, 0.15) is 11.1 Å². The van der Waals surface area contributed by atoms with Crippen molar-refractivity contribution in [2.24, 2.45) is 0 Å². The highest BCUT2D eigenvalue weighted by Gasteiger charge is 2.14. The van der Waals surface area contributed by atoms with E-state index in [9.17, 15) is 0 Å². The monoisotopic (exact) mass is 303 g/mol. The van der Waals surface area contributed by atoms with Gasteiger partial charge in [0.05, 0.1) is 0 Å². The summed E-state index contributed by atoms with van der Waals surface area (Å²) in [6, 6.07) is 10.3. The number of anilines is 2. The third-order valence-electron chi connectivity index (χ3n) is 3.66. The zero-order valence-corrected chi connectivity index (χ0v) is 12.5. The van der Waals surface area contributed by atoms with Crippen LogP contribution in [0.2, 0.25) is 5.15 Å². The van der Waals surface area contributed by atoms with Gasteiger partial charge in [-0.05, 0) is 17.5 Å². The quantitative estimate of drug-likeness (QED) is 0.848. The Labute approximate surface area is 129 Å². The van der Waals surface area contributed by atoms with Crippen LogP contribution >= 0.6 is 11.6 Å². The summed E-state index contributed by atoms with van der Waals surface area (Å²) in [5.41, 5.74) is 8.47. The molecule has 1 aliphatic heterocycles. The number of hydrogen-bond donors (Lipinski definition) is 2. The summed E-state index contributed by atoms with van der Waals surface area (Å²) in [5, 5.41) is 3.60. The number of rotatable bonds is 4. The lowest BCUT2D eigenvalue weighted by Gasteiger charge is -2.28. The fourth-order valence-electron chi connectivity index (χ4n) is 2.61. The molecule has 0 saturated heterocycles. The second-order valence-corrected chi connectivity index (χ2v) is 5.54. The number of nitrogens with zero attached hydrogens (tertiary/aromatic N) is 3. The Balaban J connectivity index is 1.52. The third kappa shape index (κ3) is 3.62. The second-order valence-electron chi connectivity index (χ2n) is 5.16. The van der Waals surface area contributed by atoms with Crippen LogP contribution in [-0.2, 0) is 13.0 Å².